The van der Waals surface area contributed by atoms with Crippen LogP contribution in [-0.2, 0) is 29.4 Å². The number of likely N-dealkylation sites (tertiary alicyclic amines) is 1. The number of piperidine rings is 2. The van der Waals surface area contributed by atoms with Crippen molar-refractivity contribution in [1.29, 1.82) is 0 Å². The number of aromatic nitrogens is 3. The van der Waals surface area contributed by atoms with Crippen molar-refractivity contribution >= 4 is 57.0 Å². The van der Waals surface area contributed by atoms with Gasteiger partial charge < -0.3 is 33.9 Å². The van der Waals surface area contributed by atoms with Crippen LogP contribution in [0.25, 0.3) is 21.8 Å². The highest BCUT2D eigenvalue weighted by Crippen LogP contribution is 2.38. The zero-order valence-corrected chi connectivity index (χ0v) is 39.5. The van der Waals surface area contributed by atoms with Crippen LogP contribution in [-0.4, -0.2) is 86.7 Å². The molecule has 0 spiro atoms. The van der Waals surface area contributed by atoms with Crippen LogP contribution < -0.4 is 30.3 Å². The van der Waals surface area contributed by atoms with Gasteiger partial charge in [0.1, 0.15) is 17.9 Å². The predicted octanol–water partition coefficient (Wildman–Crippen LogP) is 8.25. The predicted molar refractivity (Wildman–Crippen MR) is 255 cm³/mol. The molecule has 1 atom stereocenters. The number of pyridine rings is 1. The quantitative estimate of drug-likeness (QED) is 0.0607. The average Bonchev–Trinajstić information content (AvgIpc) is 3.68. The number of rotatable bonds is 14. The maximum atomic E-state index is 15.6. The highest BCUT2D eigenvalue weighted by Gasteiger charge is 2.40. The molecule has 374 valence electrons. The zero-order valence-electron chi connectivity index (χ0n) is 39.5. The molecule has 5 heterocycles. The van der Waals surface area contributed by atoms with Crippen molar-refractivity contribution in [2.45, 2.75) is 77.1 Å². The van der Waals surface area contributed by atoms with Gasteiger partial charge in [-0.25, -0.2) is 14.4 Å². The largest absolute Gasteiger partial charge is 0.493 e. The number of anilines is 1. The SMILES string of the molecule is COc1cc2c(Oc3ccc(NC(=O)c4c(C)n(C)c5ccc(C(F)(F)F)cc5c4=O)cc3F)ncnc2cc1OCCCCCC1CCN(C(=O)c2ccc3c(c2)CN(C2CCC(=O)NC2=O)C3=O)CC1. The van der Waals surface area contributed by atoms with Crippen LogP contribution in [0.5, 0.6) is 23.1 Å². The Morgan fingerprint density at radius 2 is 1.67 bits per heavy atom. The van der Waals surface area contributed by atoms with E-state index in [1.807, 2.05) is 4.90 Å². The van der Waals surface area contributed by atoms with Crippen LogP contribution in [0.1, 0.15) is 99.3 Å². The number of aryl methyl sites for hydroxylation is 1. The molecule has 4 aromatic carbocycles. The Kier molecular flexibility index (Phi) is 13.7. The van der Waals surface area contributed by atoms with Crippen LogP contribution in [0.15, 0.2) is 77.9 Å². The van der Waals surface area contributed by atoms with Gasteiger partial charge in [-0.05, 0) is 98.7 Å². The van der Waals surface area contributed by atoms with Crippen molar-refractivity contribution in [2.24, 2.45) is 13.0 Å². The van der Waals surface area contributed by atoms with E-state index in [0.717, 1.165) is 50.7 Å². The zero-order chi connectivity index (χ0) is 51.0. The molecular formula is C52H49F4N7O9. The molecule has 3 aliphatic heterocycles. The van der Waals surface area contributed by atoms with E-state index in [4.69, 9.17) is 14.2 Å². The number of halogens is 4. The molecule has 2 N–H and O–H groups in total. The first-order valence-corrected chi connectivity index (χ1v) is 23.5. The van der Waals surface area contributed by atoms with Gasteiger partial charge in [-0.2, -0.15) is 13.2 Å². The Bertz CT molecular complexity index is 3240. The maximum Gasteiger partial charge on any atom is 0.416 e. The van der Waals surface area contributed by atoms with Crippen LogP contribution in [0.3, 0.4) is 0 Å². The van der Waals surface area contributed by atoms with E-state index in [9.17, 15) is 41.9 Å². The second-order valence-electron chi connectivity index (χ2n) is 18.2. The number of carbonyl (C=O) groups is 5. The van der Waals surface area contributed by atoms with E-state index in [2.05, 4.69) is 20.6 Å². The fraction of sp³-hybridized carbons (Fsp3) is 0.346. The number of hydrogen-bond donors (Lipinski definition) is 2. The monoisotopic (exact) mass is 991 g/mol. The summed E-state index contributed by atoms with van der Waals surface area (Å²) in [5.41, 5.74) is 0.133. The number of fused-ring (bicyclic) bond motifs is 3. The van der Waals surface area contributed by atoms with Crippen LogP contribution >= 0.6 is 0 Å². The van der Waals surface area contributed by atoms with Gasteiger partial charge >= 0.3 is 6.18 Å². The van der Waals surface area contributed by atoms with Crippen LogP contribution in [0, 0.1) is 18.7 Å². The molecule has 2 saturated heterocycles. The summed E-state index contributed by atoms with van der Waals surface area (Å²) in [6, 6.07) is 14.0. The lowest BCUT2D eigenvalue weighted by atomic mass is 9.91. The third kappa shape index (κ3) is 9.89. The number of methoxy groups -OCH3 is 1. The van der Waals surface area contributed by atoms with Crippen LogP contribution in [0.4, 0.5) is 23.2 Å². The van der Waals surface area contributed by atoms with Crippen molar-refractivity contribution in [3.05, 3.63) is 123 Å². The molecule has 2 aromatic heterocycles. The molecule has 6 aromatic rings. The summed E-state index contributed by atoms with van der Waals surface area (Å²) in [5.74, 6) is -1.97. The molecule has 20 heteroatoms. The Morgan fingerprint density at radius 3 is 2.40 bits per heavy atom. The summed E-state index contributed by atoms with van der Waals surface area (Å²) in [6.45, 7) is 3.36. The number of nitrogens with one attached hydrogen (secondary N) is 2. The van der Waals surface area contributed by atoms with Gasteiger partial charge in [0.05, 0.1) is 35.7 Å². The highest BCUT2D eigenvalue weighted by molar-refractivity contribution is 6.07. The molecule has 72 heavy (non-hydrogen) atoms. The summed E-state index contributed by atoms with van der Waals surface area (Å²) in [4.78, 5) is 89.3. The fourth-order valence-electron chi connectivity index (χ4n) is 9.66. The lowest BCUT2D eigenvalue weighted by molar-refractivity contribution is -0.138. The van der Waals surface area contributed by atoms with Crippen molar-refractivity contribution in [2.75, 3.05) is 32.1 Å². The van der Waals surface area contributed by atoms with Gasteiger partial charge in [0.2, 0.25) is 23.1 Å². The minimum absolute atomic E-state index is 0.00487. The van der Waals surface area contributed by atoms with E-state index in [1.165, 1.54) is 55.1 Å². The van der Waals surface area contributed by atoms with Gasteiger partial charge in [-0.15, -0.1) is 0 Å². The summed E-state index contributed by atoms with van der Waals surface area (Å²) in [7, 11) is 3.00. The Morgan fingerprint density at radius 1 is 0.875 bits per heavy atom. The molecule has 0 aliphatic carbocycles. The molecule has 1 unspecified atom stereocenters. The van der Waals surface area contributed by atoms with Crippen molar-refractivity contribution < 1.29 is 55.7 Å². The van der Waals surface area contributed by atoms with E-state index < -0.39 is 46.4 Å². The number of amides is 5. The normalized spacial score (nSPS) is 16.3. The Labute approximate surface area is 409 Å². The Hall–Kier alpha value is -7.90. The number of carbonyl (C=O) groups excluding carboxylic acids is 5. The number of unbranched alkanes of at least 4 members (excludes halogenated alkanes) is 2. The first-order valence-electron chi connectivity index (χ1n) is 23.5. The van der Waals surface area contributed by atoms with Gasteiger partial charge in [0.25, 0.3) is 17.7 Å². The summed E-state index contributed by atoms with van der Waals surface area (Å²) in [6.07, 6.45) is 2.43. The summed E-state index contributed by atoms with van der Waals surface area (Å²) >= 11 is 0. The first-order chi connectivity index (χ1) is 34.5. The van der Waals surface area contributed by atoms with Gasteiger partial charge in [-0.1, -0.05) is 19.3 Å². The molecule has 0 radical (unpaired) electrons. The highest BCUT2D eigenvalue weighted by atomic mass is 19.4. The van der Waals surface area contributed by atoms with E-state index in [-0.39, 0.29) is 71.0 Å². The molecule has 3 aliphatic rings. The lowest BCUT2D eigenvalue weighted by Crippen LogP contribution is -2.52. The average molecular weight is 992 g/mol. The van der Waals surface area contributed by atoms with Gasteiger partial charge in [0, 0.05) is 73.1 Å². The van der Waals surface area contributed by atoms with E-state index >= 15 is 4.39 Å². The number of benzene rings is 4. The van der Waals surface area contributed by atoms with Gasteiger partial charge in [0.15, 0.2) is 23.1 Å². The number of nitrogens with zero attached hydrogens (tertiary/aromatic N) is 5. The summed E-state index contributed by atoms with van der Waals surface area (Å²) < 4.78 is 75.0. The molecule has 0 saturated carbocycles. The molecule has 9 rings (SSSR count). The van der Waals surface area contributed by atoms with Crippen molar-refractivity contribution in [3.8, 4) is 23.1 Å². The van der Waals surface area contributed by atoms with Crippen LogP contribution in [0.2, 0.25) is 0 Å². The first kappa shape index (κ1) is 49.1. The fourth-order valence-corrected chi connectivity index (χ4v) is 9.66. The number of ether oxygens (including phenoxy) is 3. The van der Waals surface area contributed by atoms with Gasteiger partial charge in [-0.3, -0.25) is 34.1 Å². The molecular weight excluding hydrogens is 943 g/mol. The third-order valence-electron chi connectivity index (χ3n) is 13.7. The molecule has 16 nitrogen and oxygen atoms in total. The minimum Gasteiger partial charge on any atom is -0.493 e. The second-order valence-corrected chi connectivity index (χ2v) is 18.2. The standard InChI is InChI=1S/C52H49F4N7O9/c1-28-45(46(65)36-22-32(52(54,55)56)9-12-39(36)61(28)2)48(67)59-33-10-14-41(37(53)23-33)72-49-35-24-42(70-3)43(25-38(35)57-27-58-49)71-20-6-4-5-7-29-16-18-62(19-17-29)50(68)30-8-11-34-31(21-30)26-63(51(34)69)40-13-15-44(64)60-47(40)66/h8-12,14,21-25,27,29,40H,4-7,13,15-20,26H2,1-3H3,(H,59,67)(H,60,64,66). The topological polar surface area (TPSA) is 191 Å². The van der Waals surface area contributed by atoms with E-state index in [0.29, 0.717) is 70.8 Å². The van der Waals surface area contributed by atoms with Crippen molar-refractivity contribution in [3.63, 3.8) is 0 Å². The molecule has 5 amide bonds. The smallest absolute Gasteiger partial charge is 0.416 e. The lowest BCUT2D eigenvalue weighted by Gasteiger charge is -2.32. The number of hydrogen-bond acceptors (Lipinski definition) is 11. The summed E-state index contributed by atoms with van der Waals surface area (Å²) in [5, 5.41) is 4.88. The number of imide groups is 1. The Balaban J connectivity index is 0.746. The van der Waals surface area contributed by atoms with Crippen molar-refractivity contribution in [1.82, 2.24) is 29.7 Å². The molecule has 0 bridgehead atoms. The van der Waals surface area contributed by atoms with E-state index in [1.54, 1.807) is 30.3 Å². The second kappa shape index (κ2) is 20.1. The maximum absolute atomic E-state index is 15.6. The number of alkyl halides is 3. The third-order valence-corrected chi connectivity index (χ3v) is 13.7. The minimum atomic E-state index is -4.71. The molecule has 2 fully saturated rings.